The third-order valence-corrected chi connectivity index (χ3v) is 4.66. The summed E-state index contributed by atoms with van der Waals surface area (Å²) in [5.74, 6) is -1.67. The molecular formula is C27H43N3O7. The third-order valence-electron chi connectivity index (χ3n) is 4.66. The van der Waals surface area contributed by atoms with Crippen LogP contribution in [0.4, 0.5) is 4.79 Å². The maximum Gasteiger partial charge on any atom is 0.407 e. The molecule has 0 heterocycles. The number of carbonyl (C=O) groups is 4. The van der Waals surface area contributed by atoms with Crippen LogP contribution in [0, 0.1) is 5.92 Å². The van der Waals surface area contributed by atoms with Crippen molar-refractivity contribution in [3.05, 3.63) is 35.9 Å². The molecule has 0 fully saturated rings. The monoisotopic (exact) mass is 521 g/mol. The first-order chi connectivity index (χ1) is 17.1. The third kappa shape index (κ3) is 14.9. The highest BCUT2D eigenvalue weighted by molar-refractivity contribution is 5.92. The number of carbonyl (C=O) groups excluding carboxylic acids is 4. The average Bonchev–Trinajstić information content (AvgIpc) is 2.77. The maximum atomic E-state index is 13.1. The molecule has 3 amide bonds. The van der Waals surface area contributed by atoms with E-state index in [9.17, 15) is 19.2 Å². The van der Waals surface area contributed by atoms with Crippen LogP contribution in [0.25, 0.3) is 0 Å². The number of amides is 3. The first-order valence-electron chi connectivity index (χ1n) is 12.5. The van der Waals surface area contributed by atoms with Crippen molar-refractivity contribution in [2.75, 3.05) is 13.2 Å². The highest BCUT2D eigenvalue weighted by Crippen LogP contribution is 2.14. The van der Waals surface area contributed by atoms with E-state index in [1.54, 1.807) is 20.8 Å². The van der Waals surface area contributed by atoms with Gasteiger partial charge in [0.15, 0.2) is 0 Å². The van der Waals surface area contributed by atoms with Gasteiger partial charge in [0.2, 0.25) is 11.8 Å². The van der Waals surface area contributed by atoms with Gasteiger partial charge in [0.05, 0.1) is 12.2 Å². The molecule has 3 N–H and O–H groups in total. The van der Waals surface area contributed by atoms with Crippen LogP contribution < -0.4 is 16.0 Å². The predicted molar refractivity (Wildman–Crippen MR) is 139 cm³/mol. The molecule has 2 atom stereocenters. The van der Waals surface area contributed by atoms with Crippen molar-refractivity contribution in [1.29, 1.82) is 0 Å². The molecule has 0 aromatic heterocycles. The number of nitrogens with one attached hydrogen (secondary N) is 3. The van der Waals surface area contributed by atoms with Gasteiger partial charge in [-0.15, -0.1) is 0 Å². The second-order valence-corrected chi connectivity index (χ2v) is 11.2. The van der Waals surface area contributed by atoms with Crippen molar-refractivity contribution in [3.63, 3.8) is 0 Å². The van der Waals surface area contributed by atoms with Crippen LogP contribution in [0.2, 0.25) is 0 Å². The molecule has 0 radical (unpaired) electrons. The van der Waals surface area contributed by atoms with Gasteiger partial charge in [-0.25, -0.2) is 9.59 Å². The topological polar surface area (TPSA) is 132 Å². The SMILES string of the molecule is CC(C)C[C@H](NC(=O)[C@H](COC(C)(C)C)NC(=O)CNC(=O)OCc1ccccc1)C(=O)OC(C)(C)C. The molecule has 0 saturated heterocycles. The molecule has 1 aromatic rings. The van der Waals surface area contributed by atoms with Gasteiger partial charge in [0.1, 0.15) is 30.8 Å². The molecule has 0 saturated carbocycles. The number of esters is 1. The fraction of sp³-hybridized carbons (Fsp3) is 0.630. The number of ether oxygens (including phenoxy) is 3. The largest absolute Gasteiger partial charge is 0.458 e. The molecule has 0 aliphatic rings. The van der Waals surface area contributed by atoms with Gasteiger partial charge in [0.25, 0.3) is 0 Å². The molecule has 1 aromatic carbocycles. The number of benzene rings is 1. The molecule has 0 aliphatic heterocycles. The summed E-state index contributed by atoms with van der Waals surface area (Å²) >= 11 is 0. The summed E-state index contributed by atoms with van der Waals surface area (Å²) in [5, 5.41) is 7.62. The number of alkyl carbamates (subject to hydrolysis) is 1. The molecule has 1 rings (SSSR count). The van der Waals surface area contributed by atoms with E-state index in [-0.39, 0.29) is 19.1 Å². The summed E-state index contributed by atoms with van der Waals surface area (Å²) < 4.78 is 16.3. The number of rotatable bonds is 12. The van der Waals surface area contributed by atoms with Crippen LogP contribution in [0.1, 0.15) is 67.4 Å². The fourth-order valence-corrected chi connectivity index (χ4v) is 3.02. The Morgan fingerprint density at radius 2 is 1.49 bits per heavy atom. The summed E-state index contributed by atoms with van der Waals surface area (Å²) in [7, 11) is 0. The lowest BCUT2D eigenvalue weighted by Crippen LogP contribution is -2.56. The Balaban J connectivity index is 2.79. The standard InChI is InChI=1S/C27H43N3O7/c1-18(2)14-20(24(33)37-27(6,7)8)30-23(32)21(17-36-26(3,4)5)29-22(31)15-28-25(34)35-16-19-12-10-9-11-13-19/h9-13,18,20-21H,14-17H2,1-8H3,(H,28,34)(H,29,31)(H,30,32)/t20-,21-/m0/s1. The van der Waals surface area contributed by atoms with Gasteiger partial charge in [0, 0.05) is 0 Å². The highest BCUT2D eigenvalue weighted by Gasteiger charge is 2.31. The van der Waals surface area contributed by atoms with E-state index in [0.717, 1.165) is 5.56 Å². The Morgan fingerprint density at radius 3 is 2.03 bits per heavy atom. The molecule has 0 unspecified atom stereocenters. The average molecular weight is 522 g/mol. The summed E-state index contributed by atoms with van der Waals surface area (Å²) in [6.45, 7) is 14.0. The van der Waals surface area contributed by atoms with Gasteiger partial charge in [-0.1, -0.05) is 44.2 Å². The first-order valence-corrected chi connectivity index (χ1v) is 12.5. The van der Waals surface area contributed by atoms with E-state index in [4.69, 9.17) is 14.2 Å². The van der Waals surface area contributed by atoms with E-state index in [1.807, 2.05) is 65.0 Å². The molecule has 10 nitrogen and oxygen atoms in total. The summed E-state index contributed by atoms with van der Waals surface area (Å²) in [6.07, 6.45) is -0.413. The van der Waals surface area contributed by atoms with Crippen LogP contribution in [0.3, 0.4) is 0 Å². The van der Waals surface area contributed by atoms with E-state index in [0.29, 0.717) is 6.42 Å². The molecular weight excluding hydrogens is 478 g/mol. The van der Waals surface area contributed by atoms with E-state index >= 15 is 0 Å². The summed E-state index contributed by atoms with van der Waals surface area (Å²) in [5.41, 5.74) is -0.495. The van der Waals surface area contributed by atoms with Crippen molar-refractivity contribution in [2.45, 2.75) is 91.7 Å². The minimum absolute atomic E-state index is 0.0562. The van der Waals surface area contributed by atoms with Crippen molar-refractivity contribution in [1.82, 2.24) is 16.0 Å². The van der Waals surface area contributed by atoms with E-state index < -0.39 is 53.7 Å². The predicted octanol–water partition coefficient (Wildman–Crippen LogP) is 3.09. The van der Waals surface area contributed by atoms with Crippen LogP contribution in [-0.4, -0.2) is 60.3 Å². The van der Waals surface area contributed by atoms with Gasteiger partial charge in [-0.05, 0) is 59.4 Å². The zero-order valence-electron chi connectivity index (χ0n) is 23.3. The Labute approximate surface area is 220 Å². The maximum absolute atomic E-state index is 13.1. The van der Waals surface area contributed by atoms with Crippen LogP contribution in [0.5, 0.6) is 0 Å². The second kappa shape index (κ2) is 14.6. The lowest BCUT2D eigenvalue weighted by molar-refractivity contribution is -0.159. The molecule has 0 spiro atoms. The van der Waals surface area contributed by atoms with E-state index in [2.05, 4.69) is 16.0 Å². The van der Waals surface area contributed by atoms with Gasteiger partial charge >= 0.3 is 12.1 Å². The molecule has 37 heavy (non-hydrogen) atoms. The van der Waals surface area contributed by atoms with Crippen LogP contribution in [-0.2, 0) is 35.2 Å². The first kappa shape index (κ1) is 31.9. The van der Waals surface area contributed by atoms with Gasteiger partial charge in [-0.2, -0.15) is 0 Å². The smallest absolute Gasteiger partial charge is 0.407 e. The summed E-state index contributed by atoms with van der Waals surface area (Å²) in [6, 6.07) is 7.11. The Hall–Kier alpha value is -3.14. The fourth-order valence-electron chi connectivity index (χ4n) is 3.02. The van der Waals surface area contributed by atoms with Crippen molar-refractivity contribution in [2.24, 2.45) is 5.92 Å². The Bertz CT molecular complexity index is 890. The number of hydrogen-bond acceptors (Lipinski definition) is 7. The molecule has 10 heteroatoms. The second-order valence-electron chi connectivity index (χ2n) is 11.2. The lowest BCUT2D eigenvalue weighted by atomic mass is 10.0. The minimum atomic E-state index is -1.11. The molecule has 0 bridgehead atoms. The van der Waals surface area contributed by atoms with Crippen molar-refractivity contribution in [3.8, 4) is 0 Å². The van der Waals surface area contributed by atoms with Crippen LogP contribution >= 0.6 is 0 Å². The highest BCUT2D eigenvalue weighted by atomic mass is 16.6. The Kier molecular flexibility index (Phi) is 12.6. The minimum Gasteiger partial charge on any atom is -0.458 e. The Morgan fingerprint density at radius 1 is 0.865 bits per heavy atom. The van der Waals surface area contributed by atoms with E-state index in [1.165, 1.54) is 0 Å². The molecule has 0 aliphatic carbocycles. The number of hydrogen-bond donors (Lipinski definition) is 3. The molecule has 208 valence electrons. The van der Waals surface area contributed by atoms with Crippen molar-refractivity contribution < 1.29 is 33.4 Å². The van der Waals surface area contributed by atoms with Gasteiger partial charge in [-0.3, -0.25) is 9.59 Å². The normalized spacial score (nSPS) is 13.3. The van der Waals surface area contributed by atoms with Gasteiger partial charge < -0.3 is 30.2 Å². The quantitative estimate of drug-likeness (QED) is 0.360. The summed E-state index contributed by atoms with van der Waals surface area (Å²) in [4.78, 5) is 50.3. The van der Waals surface area contributed by atoms with Crippen molar-refractivity contribution >= 4 is 23.9 Å². The zero-order chi connectivity index (χ0) is 28.2. The lowest BCUT2D eigenvalue weighted by Gasteiger charge is -2.28. The zero-order valence-corrected chi connectivity index (χ0v) is 23.3. The van der Waals surface area contributed by atoms with Crippen LogP contribution in [0.15, 0.2) is 30.3 Å².